The molecule has 8 nitrogen and oxygen atoms in total. The van der Waals surface area contributed by atoms with Crippen LogP contribution in [0.5, 0.6) is 0 Å². The highest BCUT2D eigenvalue weighted by Gasteiger charge is 2.27. The highest BCUT2D eigenvalue weighted by atomic mass is 31.2. The van der Waals surface area contributed by atoms with E-state index < -0.39 is 20.0 Å². The van der Waals surface area contributed by atoms with E-state index in [1.807, 2.05) is 27.2 Å². The second kappa shape index (κ2) is 52.1. The van der Waals surface area contributed by atoms with E-state index >= 15 is 0 Å². The van der Waals surface area contributed by atoms with Crippen LogP contribution in [0, 0.1) is 0 Å². The van der Waals surface area contributed by atoms with Crippen molar-refractivity contribution >= 4 is 13.7 Å². The number of aliphatic hydroxyl groups excluding tert-OH is 1. The van der Waals surface area contributed by atoms with Crippen molar-refractivity contribution in [2.75, 3.05) is 40.9 Å². The Labute approximate surface area is 434 Å². The summed E-state index contributed by atoms with van der Waals surface area (Å²) in [4.78, 5) is 23.3. The van der Waals surface area contributed by atoms with Crippen molar-refractivity contribution in [2.24, 2.45) is 0 Å². The number of nitrogens with one attached hydrogen (secondary N) is 1. The van der Waals surface area contributed by atoms with E-state index in [2.05, 4.69) is 67.8 Å². The van der Waals surface area contributed by atoms with Gasteiger partial charge < -0.3 is 19.8 Å². The van der Waals surface area contributed by atoms with E-state index in [0.717, 1.165) is 57.8 Å². The average molecular weight is 1000 g/mol. The van der Waals surface area contributed by atoms with Crippen LogP contribution in [0.4, 0.5) is 0 Å². The van der Waals surface area contributed by atoms with E-state index in [-0.39, 0.29) is 19.1 Å². The Morgan fingerprint density at radius 3 is 1.24 bits per heavy atom. The fraction of sp³-hybridized carbons (Fsp3) is 0.820. The lowest BCUT2D eigenvalue weighted by molar-refractivity contribution is -0.870. The molecule has 9 heteroatoms. The predicted octanol–water partition coefficient (Wildman–Crippen LogP) is 18.1. The van der Waals surface area contributed by atoms with E-state index in [1.165, 1.54) is 193 Å². The molecule has 3 N–H and O–H groups in total. The molecule has 0 rings (SSSR count). The zero-order valence-electron chi connectivity index (χ0n) is 46.8. The Morgan fingerprint density at radius 1 is 0.486 bits per heavy atom. The molecule has 0 aromatic heterocycles. The monoisotopic (exact) mass is 1000 g/mol. The number of nitrogens with zero attached hydrogens (tertiary/aromatic N) is 1. The van der Waals surface area contributed by atoms with Gasteiger partial charge in [0.2, 0.25) is 5.91 Å². The molecule has 0 bridgehead atoms. The van der Waals surface area contributed by atoms with Crippen molar-refractivity contribution < 1.29 is 32.9 Å². The molecule has 1 amide bonds. The van der Waals surface area contributed by atoms with Crippen LogP contribution in [0.3, 0.4) is 0 Å². The van der Waals surface area contributed by atoms with Crippen molar-refractivity contribution in [1.29, 1.82) is 0 Å². The summed E-state index contributed by atoms with van der Waals surface area (Å²) in [5, 5.41) is 13.9. The molecule has 3 unspecified atom stereocenters. The van der Waals surface area contributed by atoms with Crippen molar-refractivity contribution in [3.05, 3.63) is 60.8 Å². The summed E-state index contributed by atoms with van der Waals surface area (Å²) in [6.45, 7) is 4.80. The lowest BCUT2D eigenvalue weighted by Crippen LogP contribution is -2.45. The first kappa shape index (κ1) is 68.2. The standard InChI is InChI=1S/C61H115N2O6P/c1-6-8-10-12-14-16-18-20-22-24-26-28-30-31-33-34-36-38-40-42-44-46-48-50-52-54-60(64)59(58-69-70(66,67)68-57-56-63(3,4)5)62-61(65)55-53-51-49-47-45-43-41-39-37-35-32-29-27-25-23-21-19-17-15-13-11-9-7-2/h19,21,25,27,32,35,44,46,52,54,59-60,64H,6-18,20,22-24,26,28-31,33-34,36-43,45,47-51,53,55-58H2,1-5H3,(H-,62,65,66,67)/p+1/b21-19-,27-25-,35-32-,46-44+,54-52+. The molecule has 0 saturated heterocycles. The van der Waals surface area contributed by atoms with Crippen LogP contribution >= 0.6 is 7.82 Å². The van der Waals surface area contributed by atoms with Crippen LogP contribution in [0.15, 0.2) is 60.8 Å². The van der Waals surface area contributed by atoms with Crippen molar-refractivity contribution in [3.63, 3.8) is 0 Å². The number of phosphoric acid groups is 1. The first-order valence-electron chi connectivity index (χ1n) is 29.7. The molecular weight excluding hydrogens is 888 g/mol. The van der Waals surface area contributed by atoms with E-state index in [1.54, 1.807) is 6.08 Å². The number of rotatable bonds is 54. The Kier molecular flexibility index (Phi) is 50.7. The predicted molar refractivity (Wildman–Crippen MR) is 304 cm³/mol. The zero-order valence-corrected chi connectivity index (χ0v) is 47.7. The molecule has 0 fully saturated rings. The van der Waals surface area contributed by atoms with Crippen LogP contribution < -0.4 is 5.32 Å². The fourth-order valence-electron chi connectivity index (χ4n) is 8.54. The minimum absolute atomic E-state index is 0.0528. The van der Waals surface area contributed by atoms with Gasteiger partial charge in [-0.3, -0.25) is 13.8 Å². The van der Waals surface area contributed by atoms with Crippen LogP contribution in [-0.4, -0.2) is 73.4 Å². The summed E-state index contributed by atoms with van der Waals surface area (Å²) in [6, 6.07) is -0.871. The van der Waals surface area contributed by atoms with Gasteiger partial charge in [0.25, 0.3) is 0 Å². The molecule has 0 aliphatic carbocycles. The van der Waals surface area contributed by atoms with Gasteiger partial charge in [-0.15, -0.1) is 0 Å². The number of hydrogen-bond acceptors (Lipinski definition) is 5. The third-order valence-corrected chi connectivity index (χ3v) is 14.2. The Morgan fingerprint density at radius 2 is 0.829 bits per heavy atom. The molecule has 0 aliphatic rings. The van der Waals surface area contributed by atoms with Gasteiger partial charge >= 0.3 is 7.82 Å². The van der Waals surface area contributed by atoms with Crippen LogP contribution in [0.2, 0.25) is 0 Å². The molecule has 0 saturated carbocycles. The molecule has 0 aromatic rings. The maximum Gasteiger partial charge on any atom is 0.472 e. The maximum atomic E-state index is 13.0. The number of amides is 1. The van der Waals surface area contributed by atoms with Crippen LogP contribution in [-0.2, 0) is 18.4 Å². The SMILES string of the molecule is CCCCCCC/C=C\C/C=C\C/C=C\CCCCCCCCCCC(=O)NC(COP(=O)(O)OCC[N+](C)(C)C)C(O)/C=C/CC/C=C/CCCCCCCCCCCCCCCCCCCCC. The first-order valence-corrected chi connectivity index (χ1v) is 31.2. The van der Waals surface area contributed by atoms with Gasteiger partial charge in [-0.05, 0) is 70.6 Å². The highest BCUT2D eigenvalue weighted by molar-refractivity contribution is 7.47. The number of carbonyl (C=O) groups is 1. The van der Waals surface area contributed by atoms with Crippen molar-refractivity contribution in [2.45, 2.75) is 283 Å². The number of phosphoric ester groups is 1. The third kappa shape index (κ3) is 54.0. The van der Waals surface area contributed by atoms with E-state index in [0.29, 0.717) is 17.4 Å². The van der Waals surface area contributed by atoms with Gasteiger partial charge in [-0.25, -0.2) is 4.57 Å². The second-order valence-electron chi connectivity index (χ2n) is 21.4. The Bertz CT molecular complexity index is 1320. The minimum Gasteiger partial charge on any atom is -0.387 e. The summed E-state index contributed by atoms with van der Waals surface area (Å²) in [6.07, 6.45) is 70.4. The summed E-state index contributed by atoms with van der Waals surface area (Å²) in [5.74, 6) is -0.193. The van der Waals surface area contributed by atoms with Crippen LogP contribution in [0.25, 0.3) is 0 Å². The van der Waals surface area contributed by atoms with Gasteiger partial charge in [0.1, 0.15) is 13.2 Å². The fourth-order valence-corrected chi connectivity index (χ4v) is 9.27. The molecule has 0 aromatic carbocycles. The van der Waals surface area contributed by atoms with Gasteiger partial charge in [0.05, 0.1) is 39.9 Å². The van der Waals surface area contributed by atoms with Crippen molar-refractivity contribution in [3.8, 4) is 0 Å². The molecule has 0 heterocycles. The largest absolute Gasteiger partial charge is 0.472 e. The summed E-state index contributed by atoms with van der Waals surface area (Å²) >= 11 is 0. The topological polar surface area (TPSA) is 105 Å². The van der Waals surface area contributed by atoms with Gasteiger partial charge in [0.15, 0.2) is 0 Å². The molecular formula is C61H116N2O6P+. The summed E-state index contributed by atoms with van der Waals surface area (Å²) < 4.78 is 23.7. The van der Waals surface area contributed by atoms with Gasteiger partial charge in [-0.1, -0.05) is 254 Å². The summed E-state index contributed by atoms with van der Waals surface area (Å²) in [7, 11) is 1.55. The zero-order chi connectivity index (χ0) is 51.3. The van der Waals surface area contributed by atoms with Gasteiger partial charge in [0, 0.05) is 6.42 Å². The first-order chi connectivity index (χ1) is 34.0. The Balaban J connectivity index is 4.27. The minimum atomic E-state index is -4.36. The van der Waals surface area contributed by atoms with Crippen molar-refractivity contribution in [1.82, 2.24) is 5.32 Å². The molecule has 0 spiro atoms. The molecule has 410 valence electrons. The number of hydrogen-bond donors (Lipinski definition) is 3. The molecule has 0 radical (unpaired) electrons. The molecule has 0 aliphatic heterocycles. The Hall–Kier alpha value is -1.80. The van der Waals surface area contributed by atoms with Crippen LogP contribution in [0.1, 0.15) is 271 Å². The number of allylic oxidation sites excluding steroid dienone is 9. The number of aliphatic hydroxyl groups is 1. The second-order valence-corrected chi connectivity index (χ2v) is 22.8. The molecule has 70 heavy (non-hydrogen) atoms. The van der Waals surface area contributed by atoms with E-state index in [9.17, 15) is 19.4 Å². The lowest BCUT2D eigenvalue weighted by Gasteiger charge is -2.25. The summed E-state index contributed by atoms with van der Waals surface area (Å²) in [5.41, 5.74) is 0. The number of carbonyl (C=O) groups excluding carboxylic acids is 1. The number of likely N-dealkylation sites (N-methyl/N-ethyl adjacent to an activating group) is 1. The smallest absolute Gasteiger partial charge is 0.387 e. The third-order valence-electron chi connectivity index (χ3n) is 13.2. The quantitative estimate of drug-likeness (QED) is 0.0243. The van der Waals surface area contributed by atoms with Gasteiger partial charge in [-0.2, -0.15) is 0 Å². The highest BCUT2D eigenvalue weighted by Crippen LogP contribution is 2.43. The van der Waals surface area contributed by atoms with E-state index in [4.69, 9.17) is 9.05 Å². The number of quaternary nitrogens is 1. The normalized spacial score (nSPS) is 14.3. The number of unbranched alkanes of at least 4 members (excludes halogenated alkanes) is 33. The average Bonchev–Trinajstić information content (AvgIpc) is 3.32. The molecule has 3 atom stereocenters. The maximum absolute atomic E-state index is 13.0. The lowest BCUT2D eigenvalue weighted by atomic mass is 10.0.